The van der Waals surface area contributed by atoms with E-state index in [4.69, 9.17) is 0 Å². The smallest absolute Gasteiger partial charge is 0.218 e. The van der Waals surface area contributed by atoms with Gasteiger partial charge in [-0.15, -0.1) is 0 Å². The summed E-state index contributed by atoms with van der Waals surface area (Å²) in [4.78, 5) is 0. The minimum atomic E-state index is -3.87. The van der Waals surface area contributed by atoms with Gasteiger partial charge in [0.15, 0.2) is 4.29 Å². The molecule has 0 aromatic carbocycles. The molecule has 0 rings (SSSR count). The molecule has 0 aromatic heterocycles. The standard InChI is InChI=1S/C4Br10O2S/c5-1(6,7)3(11,12)17(15,16)4(13,14)2(8,9)10. The SMILES string of the molecule is O=S(=O)(C(Br)(Br)C(Br)(Br)Br)C(Br)(Br)C(Br)(Br)Br. The summed E-state index contributed by atoms with van der Waals surface area (Å²) in [5.74, 6) is 0. The zero-order valence-electron chi connectivity index (χ0n) is 7.00. The molecule has 0 heterocycles. The minimum Gasteiger partial charge on any atom is -0.224 e. The lowest BCUT2D eigenvalue weighted by Gasteiger charge is -2.38. The predicted octanol–water partition coefficient (Wildman–Crippen LogP) is 6.97. The van der Waals surface area contributed by atoms with Crippen molar-refractivity contribution in [2.45, 2.75) is 9.42 Å². The number of hydrogen-bond acceptors (Lipinski definition) is 2. The van der Waals surface area contributed by atoms with Gasteiger partial charge >= 0.3 is 0 Å². The van der Waals surface area contributed by atoms with Crippen LogP contribution < -0.4 is 0 Å². The molecular formula is C4Br10O2S. The van der Waals surface area contributed by atoms with Crippen LogP contribution in [0, 0.1) is 0 Å². The topological polar surface area (TPSA) is 34.1 Å². The van der Waals surface area contributed by atoms with Gasteiger partial charge < -0.3 is 0 Å². The van der Waals surface area contributed by atoms with Gasteiger partial charge in [-0.1, -0.05) is 159 Å². The Morgan fingerprint density at radius 1 is 0.529 bits per heavy atom. The summed E-state index contributed by atoms with van der Waals surface area (Å²) in [7, 11) is -3.87. The van der Waals surface area contributed by atoms with Crippen molar-refractivity contribution in [3.8, 4) is 0 Å². The molecule has 13 heteroatoms. The second kappa shape index (κ2) is 6.70. The monoisotopic (exact) mass is 901 g/mol. The summed E-state index contributed by atoms with van der Waals surface area (Å²) in [6.07, 6.45) is 0. The maximum Gasteiger partial charge on any atom is 0.218 e. The summed E-state index contributed by atoms with van der Waals surface area (Å²) in [6.45, 7) is 0. The van der Waals surface area contributed by atoms with Crippen molar-refractivity contribution in [1.82, 2.24) is 0 Å². The minimum absolute atomic E-state index is 1.14. The largest absolute Gasteiger partial charge is 0.224 e. The Morgan fingerprint density at radius 2 is 0.706 bits per heavy atom. The normalized spacial score (nSPS) is 16.1. The van der Waals surface area contributed by atoms with Gasteiger partial charge in [0.25, 0.3) is 0 Å². The summed E-state index contributed by atoms with van der Waals surface area (Å²) >= 11 is 31.5. The highest BCUT2D eigenvalue weighted by atomic mass is 80.0. The molecule has 0 aliphatic heterocycles. The second-order valence-corrected chi connectivity index (χ2v) is 27.3. The van der Waals surface area contributed by atoms with E-state index >= 15 is 0 Å². The lowest BCUT2D eigenvalue weighted by Crippen LogP contribution is -2.50. The molecule has 2 nitrogen and oxygen atoms in total. The average molecular weight is 911 g/mol. The van der Waals surface area contributed by atoms with Crippen LogP contribution in [0.1, 0.15) is 0 Å². The molecule has 0 fully saturated rings. The Labute approximate surface area is 183 Å². The Kier molecular flexibility index (Phi) is 8.58. The molecule has 104 valence electrons. The van der Waals surface area contributed by atoms with Crippen LogP contribution in [0.5, 0.6) is 0 Å². The molecule has 0 unspecified atom stereocenters. The third kappa shape index (κ3) is 4.39. The van der Waals surface area contributed by atoms with Crippen molar-refractivity contribution in [3.05, 3.63) is 0 Å². The quantitative estimate of drug-likeness (QED) is 0.281. The van der Waals surface area contributed by atoms with Gasteiger partial charge in [0, 0.05) is 0 Å². The van der Waals surface area contributed by atoms with Crippen LogP contribution >= 0.6 is 159 Å². The molecular weight excluding hydrogens is 911 g/mol. The van der Waals surface area contributed by atoms with Gasteiger partial charge in [-0.05, 0) is 0 Å². The molecule has 0 bridgehead atoms. The third-order valence-electron chi connectivity index (χ3n) is 1.34. The first-order chi connectivity index (χ1) is 7.00. The van der Waals surface area contributed by atoms with E-state index in [9.17, 15) is 8.42 Å². The molecule has 0 amide bonds. The molecule has 17 heavy (non-hydrogen) atoms. The summed E-state index contributed by atoms with van der Waals surface area (Å²) in [5.41, 5.74) is 0. The number of halogens is 10. The number of rotatable bonds is 2. The Balaban J connectivity index is 5.94. The fourth-order valence-corrected chi connectivity index (χ4v) is 10.8. The van der Waals surface area contributed by atoms with E-state index in [-0.39, 0.29) is 0 Å². The average Bonchev–Trinajstić information content (AvgIpc) is 1.98. The maximum absolute atomic E-state index is 12.6. The van der Waals surface area contributed by atoms with Crippen molar-refractivity contribution in [2.24, 2.45) is 0 Å². The fraction of sp³-hybridized carbons (Fsp3) is 1.00. The Morgan fingerprint density at radius 3 is 0.824 bits per heavy atom. The van der Waals surface area contributed by atoms with E-state index in [2.05, 4.69) is 159 Å². The van der Waals surface area contributed by atoms with Gasteiger partial charge in [-0.3, -0.25) is 0 Å². The summed E-state index contributed by atoms with van der Waals surface area (Å²) in [5, 5.41) is 0. The van der Waals surface area contributed by atoms with Gasteiger partial charge in [0.2, 0.25) is 15.0 Å². The molecule has 0 spiro atoms. The van der Waals surface area contributed by atoms with E-state index in [1.807, 2.05) is 0 Å². The number of alkyl halides is 10. The molecule has 0 saturated heterocycles. The van der Waals surface area contributed by atoms with Crippen molar-refractivity contribution in [2.75, 3.05) is 0 Å². The number of hydrogen-bond donors (Lipinski definition) is 0. The van der Waals surface area contributed by atoms with Gasteiger partial charge in [-0.2, -0.15) is 0 Å². The predicted molar refractivity (Wildman–Crippen MR) is 109 cm³/mol. The highest BCUT2D eigenvalue weighted by molar-refractivity contribution is 9.43. The van der Waals surface area contributed by atoms with Crippen molar-refractivity contribution in [3.63, 3.8) is 0 Å². The zero-order chi connectivity index (χ0) is 14.5. The Bertz CT molecular complexity index is 354. The molecule has 0 aliphatic rings. The Hall–Kier alpha value is 4.75. The fourth-order valence-electron chi connectivity index (χ4n) is 0.466. The molecule has 0 atom stereocenters. The van der Waals surface area contributed by atoms with Crippen LogP contribution in [0.15, 0.2) is 0 Å². The zero-order valence-corrected chi connectivity index (χ0v) is 23.7. The van der Waals surface area contributed by atoms with Crippen LogP contribution in [0.2, 0.25) is 0 Å². The van der Waals surface area contributed by atoms with E-state index in [0.29, 0.717) is 0 Å². The van der Waals surface area contributed by atoms with Crippen LogP contribution in [0.4, 0.5) is 0 Å². The molecule has 0 aromatic rings. The summed E-state index contributed by atoms with van der Waals surface area (Å²) < 4.78 is 19.8. The molecule has 0 N–H and O–H groups in total. The van der Waals surface area contributed by atoms with E-state index < -0.39 is 19.3 Å². The third-order valence-corrected chi connectivity index (χ3v) is 22.3. The summed E-state index contributed by atoms with van der Waals surface area (Å²) in [6, 6.07) is 0. The number of sulfone groups is 1. The van der Waals surface area contributed by atoms with Crippen LogP contribution in [-0.4, -0.2) is 17.8 Å². The van der Waals surface area contributed by atoms with Gasteiger partial charge in [0.1, 0.15) is 0 Å². The second-order valence-electron chi connectivity index (χ2n) is 2.53. The van der Waals surface area contributed by atoms with Crippen molar-refractivity contribution < 1.29 is 8.42 Å². The van der Waals surface area contributed by atoms with E-state index in [1.54, 1.807) is 0 Å². The first kappa shape index (κ1) is 21.8. The maximum atomic E-state index is 12.6. The van der Waals surface area contributed by atoms with E-state index in [0.717, 1.165) is 0 Å². The van der Waals surface area contributed by atoms with Crippen molar-refractivity contribution >= 4 is 169 Å². The molecule has 0 radical (unpaired) electrons. The van der Waals surface area contributed by atoms with Crippen molar-refractivity contribution in [1.29, 1.82) is 0 Å². The first-order valence-electron chi connectivity index (χ1n) is 3.13. The highest BCUT2D eigenvalue weighted by Gasteiger charge is 2.66. The lowest BCUT2D eigenvalue weighted by molar-refractivity contribution is 0.590. The van der Waals surface area contributed by atoms with Crippen LogP contribution in [-0.2, 0) is 9.84 Å². The van der Waals surface area contributed by atoms with Crippen LogP contribution in [0.3, 0.4) is 0 Å². The lowest BCUT2D eigenvalue weighted by atomic mass is 10.9. The highest BCUT2D eigenvalue weighted by Crippen LogP contribution is 2.65. The van der Waals surface area contributed by atoms with Crippen LogP contribution in [0.25, 0.3) is 0 Å². The first-order valence-corrected chi connectivity index (χ1v) is 12.5. The molecule has 0 saturated carbocycles. The van der Waals surface area contributed by atoms with Gasteiger partial charge in [-0.25, -0.2) is 8.42 Å². The molecule has 0 aliphatic carbocycles. The van der Waals surface area contributed by atoms with E-state index in [1.165, 1.54) is 0 Å². The van der Waals surface area contributed by atoms with Gasteiger partial charge in [0.05, 0.1) is 0 Å².